The van der Waals surface area contributed by atoms with E-state index in [0.717, 1.165) is 74.2 Å². The number of anilines is 1. The van der Waals surface area contributed by atoms with Gasteiger partial charge >= 0.3 is 17.6 Å². The number of carboxylic acids is 2. The lowest BCUT2D eigenvalue weighted by molar-refractivity contribution is -0.159. The van der Waals surface area contributed by atoms with Crippen LogP contribution in [0.15, 0.2) is 41.2 Å². The molecule has 0 atom stereocenters. The van der Waals surface area contributed by atoms with Gasteiger partial charge in [0.1, 0.15) is 5.75 Å². The molecular weight excluding hydrogens is 528 g/mol. The topological polar surface area (TPSA) is 154 Å². The van der Waals surface area contributed by atoms with Crippen molar-refractivity contribution in [3.8, 4) is 5.75 Å². The van der Waals surface area contributed by atoms with Crippen molar-refractivity contribution in [1.29, 1.82) is 0 Å². The van der Waals surface area contributed by atoms with Crippen molar-refractivity contribution in [3.63, 3.8) is 0 Å². The second-order valence-electron chi connectivity index (χ2n) is 9.57. The molecule has 2 aliphatic rings. The van der Waals surface area contributed by atoms with E-state index in [1.54, 1.807) is 0 Å². The van der Waals surface area contributed by atoms with Crippen LogP contribution in [-0.4, -0.2) is 68.8 Å². The molecule has 1 saturated heterocycles. The van der Waals surface area contributed by atoms with E-state index in [1.807, 2.05) is 41.0 Å². The van der Waals surface area contributed by atoms with Crippen molar-refractivity contribution in [2.24, 2.45) is 0 Å². The van der Waals surface area contributed by atoms with Gasteiger partial charge in [-0.15, -0.1) is 0 Å². The van der Waals surface area contributed by atoms with Gasteiger partial charge < -0.3 is 30.2 Å². The third-order valence-electron chi connectivity index (χ3n) is 6.90. The number of benzene rings is 2. The van der Waals surface area contributed by atoms with Crippen LogP contribution in [0.1, 0.15) is 43.7 Å². The quantitative estimate of drug-likeness (QED) is 0.254. The maximum atomic E-state index is 12.5. The second-order valence-corrected chi connectivity index (χ2v) is 10.0. The highest BCUT2D eigenvalue weighted by Gasteiger charge is 2.23. The molecule has 208 valence electrons. The number of nitrogens with zero attached hydrogens (tertiary/aromatic N) is 2. The average molecular weight is 559 g/mol. The summed E-state index contributed by atoms with van der Waals surface area (Å²) in [5, 5.41) is 18.3. The van der Waals surface area contributed by atoms with Crippen LogP contribution in [-0.2, 0) is 20.8 Å². The Morgan fingerprint density at radius 1 is 1.00 bits per heavy atom. The lowest BCUT2D eigenvalue weighted by Gasteiger charge is -2.32. The molecule has 12 heteroatoms. The number of aryl methyl sites for hydroxylation is 1. The first-order valence-corrected chi connectivity index (χ1v) is 13.2. The molecule has 2 aromatic carbocycles. The number of aliphatic carboxylic acids is 2. The summed E-state index contributed by atoms with van der Waals surface area (Å²) in [7, 11) is 0. The zero-order chi connectivity index (χ0) is 27.9. The molecule has 4 N–H and O–H groups in total. The molecule has 0 saturated carbocycles. The smallest absolute Gasteiger partial charge is 0.414 e. The SMILES string of the molecule is O=C(O)C(=O)O.O=C1CCc2ccc(OCCCCN3CCC(n4c(=O)[nH]c5cc(Cl)ccc54)CC3)cc2N1. The van der Waals surface area contributed by atoms with E-state index >= 15 is 0 Å². The number of imidazole rings is 1. The monoisotopic (exact) mass is 558 g/mol. The molecule has 39 heavy (non-hydrogen) atoms. The number of carboxylic acid groups (broad SMARTS) is 2. The van der Waals surface area contributed by atoms with Crippen LogP contribution in [0.4, 0.5) is 5.69 Å². The number of carbonyl (C=O) groups excluding carboxylic acids is 1. The van der Waals surface area contributed by atoms with Gasteiger partial charge in [-0.25, -0.2) is 14.4 Å². The number of carbonyl (C=O) groups is 3. The predicted molar refractivity (Wildman–Crippen MR) is 146 cm³/mol. The Balaban J connectivity index is 0.000000531. The van der Waals surface area contributed by atoms with Crippen molar-refractivity contribution in [2.75, 3.05) is 31.6 Å². The number of piperidine rings is 1. The minimum Gasteiger partial charge on any atom is -0.494 e. The zero-order valence-electron chi connectivity index (χ0n) is 21.3. The van der Waals surface area contributed by atoms with Gasteiger partial charge in [0.05, 0.1) is 17.6 Å². The largest absolute Gasteiger partial charge is 0.494 e. The Labute approximate surface area is 229 Å². The number of hydrogen-bond donors (Lipinski definition) is 4. The summed E-state index contributed by atoms with van der Waals surface area (Å²) in [6, 6.07) is 11.8. The number of amides is 1. The summed E-state index contributed by atoms with van der Waals surface area (Å²) in [6.45, 7) is 3.68. The van der Waals surface area contributed by atoms with E-state index in [1.165, 1.54) is 5.56 Å². The number of unbranched alkanes of at least 4 members (excludes halogenated alkanes) is 1. The highest BCUT2D eigenvalue weighted by atomic mass is 35.5. The minimum absolute atomic E-state index is 0.0513. The highest BCUT2D eigenvalue weighted by molar-refractivity contribution is 6.31. The Morgan fingerprint density at radius 3 is 2.46 bits per heavy atom. The molecule has 0 radical (unpaired) electrons. The van der Waals surface area contributed by atoms with Gasteiger partial charge in [0.2, 0.25) is 5.91 Å². The third-order valence-corrected chi connectivity index (χ3v) is 7.13. The van der Waals surface area contributed by atoms with Crippen molar-refractivity contribution in [2.45, 2.75) is 44.6 Å². The number of halogens is 1. The summed E-state index contributed by atoms with van der Waals surface area (Å²) >= 11 is 6.06. The lowest BCUT2D eigenvalue weighted by atomic mass is 10.0. The molecule has 11 nitrogen and oxygen atoms in total. The number of aromatic amines is 1. The second kappa shape index (κ2) is 12.8. The summed E-state index contributed by atoms with van der Waals surface area (Å²) in [5.74, 6) is -2.77. The Kier molecular flexibility index (Phi) is 9.26. The number of rotatable bonds is 7. The first-order valence-electron chi connectivity index (χ1n) is 12.8. The number of ether oxygens (including phenoxy) is 1. The van der Waals surface area contributed by atoms with Crippen LogP contribution < -0.4 is 15.7 Å². The van der Waals surface area contributed by atoms with Crippen molar-refractivity contribution < 1.29 is 29.3 Å². The van der Waals surface area contributed by atoms with Crippen LogP contribution in [0, 0.1) is 0 Å². The maximum Gasteiger partial charge on any atom is 0.414 e. The first-order chi connectivity index (χ1) is 18.7. The zero-order valence-corrected chi connectivity index (χ0v) is 22.1. The Morgan fingerprint density at radius 2 is 1.74 bits per heavy atom. The molecule has 0 aliphatic carbocycles. The number of likely N-dealkylation sites (tertiary alicyclic amines) is 1. The molecule has 1 fully saturated rings. The van der Waals surface area contributed by atoms with Gasteiger partial charge in [-0.1, -0.05) is 17.7 Å². The lowest BCUT2D eigenvalue weighted by Crippen LogP contribution is -2.37. The van der Waals surface area contributed by atoms with Gasteiger partial charge in [-0.3, -0.25) is 9.36 Å². The van der Waals surface area contributed by atoms with E-state index in [2.05, 4.69) is 15.2 Å². The van der Waals surface area contributed by atoms with E-state index in [-0.39, 0.29) is 17.6 Å². The number of fused-ring (bicyclic) bond motifs is 2. The molecule has 1 aromatic heterocycles. The number of aromatic nitrogens is 2. The third kappa shape index (κ3) is 7.39. The van der Waals surface area contributed by atoms with E-state index < -0.39 is 11.9 Å². The molecule has 1 amide bonds. The van der Waals surface area contributed by atoms with Crippen LogP contribution in [0.3, 0.4) is 0 Å². The number of hydrogen-bond acceptors (Lipinski definition) is 6. The Hall–Kier alpha value is -3.83. The van der Waals surface area contributed by atoms with Crippen molar-refractivity contribution in [3.05, 3.63) is 57.5 Å². The van der Waals surface area contributed by atoms with E-state index in [9.17, 15) is 9.59 Å². The normalized spacial score (nSPS) is 15.7. The molecule has 0 bridgehead atoms. The highest BCUT2D eigenvalue weighted by Crippen LogP contribution is 2.28. The van der Waals surface area contributed by atoms with Gasteiger partial charge in [-0.2, -0.15) is 0 Å². The van der Waals surface area contributed by atoms with Crippen molar-refractivity contribution in [1.82, 2.24) is 14.5 Å². The molecule has 0 unspecified atom stereocenters. The van der Waals surface area contributed by atoms with Crippen LogP contribution in [0.5, 0.6) is 5.75 Å². The van der Waals surface area contributed by atoms with Crippen LogP contribution >= 0.6 is 11.6 Å². The van der Waals surface area contributed by atoms with Gasteiger partial charge in [0, 0.05) is 42.3 Å². The summed E-state index contributed by atoms with van der Waals surface area (Å²) in [6.07, 6.45) is 5.32. The molecule has 0 spiro atoms. The minimum atomic E-state index is -1.82. The molecule has 2 aliphatic heterocycles. The first kappa shape index (κ1) is 28.2. The fraction of sp³-hybridized carbons (Fsp3) is 0.407. The predicted octanol–water partition coefficient (Wildman–Crippen LogP) is 3.52. The summed E-state index contributed by atoms with van der Waals surface area (Å²) in [5.41, 5.74) is 3.73. The van der Waals surface area contributed by atoms with Crippen LogP contribution in [0.25, 0.3) is 11.0 Å². The fourth-order valence-electron chi connectivity index (χ4n) is 4.94. The molecule has 3 heterocycles. The van der Waals surface area contributed by atoms with Gasteiger partial charge in [0.25, 0.3) is 0 Å². The summed E-state index contributed by atoms with van der Waals surface area (Å²) < 4.78 is 7.81. The molecule has 5 rings (SSSR count). The molecule has 3 aromatic rings. The van der Waals surface area contributed by atoms with Crippen LogP contribution in [0.2, 0.25) is 5.02 Å². The molecular formula is C27H31ClN4O7. The Bertz CT molecular complexity index is 1400. The van der Waals surface area contributed by atoms with E-state index in [4.69, 9.17) is 36.1 Å². The van der Waals surface area contributed by atoms with E-state index in [0.29, 0.717) is 18.1 Å². The number of nitrogens with one attached hydrogen (secondary N) is 2. The fourth-order valence-corrected chi connectivity index (χ4v) is 5.11. The van der Waals surface area contributed by atoms with Gasteiger partial charge in [-0.05, 0) is 68.5 Å². The number of H-pyrrole nitrogens is 1. The maximum absolute atomic E-state index is 12.5. The average Bonchev–Trinajstić information content (AvgIpc) is 3.23. The standard InChI is InChI=1S/C25H29ClN4O3.C2H2O4/c26-18-5-7-23-22(15-18)28-25(32)30(23)19-9-12-29(13-10-19)11-1-2-14-33-20-6-3-17-4-8-24(31)27-21(17)16-20;3-1(4)2(5)6/h3,5-7,15-16,19H,1-2,4,8-14H2,(H,27,31)(H,28,32);(H,3,4)(H,5,6). The van der Waals surface area contributed by atoms with Gasteiger partial charge in [0.15, 0.2) is 0 Å². The summed E-state index contributed by atoms with van der Waals surface area (Å²) in [4.78, 5) is 47.7. The van der Waals surface area contributed by atoms with Crippen molar-refractivity contribution >= 4 is 46.2 Å².